The Bertz CT molecular complexity index is 244. The molecule has 0 aromatic rings. The van der Waals surface area contributed by atoms with Crippen molar-refractivity contribution < 1.29 is 9.90 Å². The highest BCUT2D eigenvalue weighted by Gasteiger charge is 2.20. The van der Waals surface area contributed by atoms with E-state index in [1.54, 1.807) is 14.0 Å². The maximum Gasteiger partial charge on any atom is 0.317 e. The van der Waals surface area contributed by atoms with Crippen molar-refractivity contribution in [1.82, 2.24) is 10.2 Å². The molecule has 0 saturated heterocycles. The number of aliphatic hydroxyl groups is 1. The number of hydrogen-bond acceptors (Lipinski definition) is 2. The van der Waals surface area contributed by atoms with Crippen molar-refractivity contribution in [3.63, 3.8) is 0 Å². The van der Waals surface area contributed by atoms with Crippen LogP contribution in [0.3, 0.4) is 0 Å². The number of carbonyl (C=O) groups excluding carboxylic acids is 1. The fourth-order valence-corrected chi connectivity index (χ4v) is 2.59. The highest BCUT2D eigenvalue weighted by atomic mass is 16.3. The van der Waals surface area contributed by atoms with E-state index in [4.69, 9.17) is 0 Å². The Kier molecular flexibility index (Phi) is 5.75. The molecule has 0 radical (unpaired) electrons. The van der Waals surface area contributed by atoms with Gasteiger partial charge in [0.2, 0.25) is 0 Å². The third-order valence-corrected chi connectivity index (χ3v) is 3.47. The Balaban J connectivity index is 2.22. The molecule has 0 spiro atoms. The van der Waals surface area contributed by atoms with Crippen LogP contribution in [-0.2, 0) is 0 Å². The summed E-state index contributed by atoms with van der Waals surface area (Å²) in [6.45, 7) is 5.13. The lowest BCUT2D eigenvalue weighted by molar-refractivity contribution is 0.142. The number of nitrogens with one attached hydrogen (secondary N) is 1. The van der Waals surface area contributed by atoms with E-state index in [1.165, 1.54) is 30.6 Å². The van der Waals surface area contributed by atoms with E-state index in [-0.39, 0.29) is 6.03 Å². The van der Waals surface area contributed by atoms with Crippen LogP contribution in [0.1, 0.15) is 39.5 Å². The van der Waals surface area contributed by atoms with Crippen molar-refractivity contribution in [2.24, 2.45) is 11.8 Å². The summed E-state index contributed by atoms with van der Waals surface area (Å²) in [6, 6.07) is -0.0795. The molecule has 1 aliphatic carbocycles. The molecule has 0 heterocycles. The van der Waals surface area contributed by atoms with Gasteiger partial charge in [0.25, 0.3) is 0 Å². The van der Waals surface area contributed by atoms with Gasteiger partial charge in [0.1, 0.15) is 0 Å². The van der Waals surface area contributed by atoms with Gasteiger partial charge in [0, 0.05) is 20.1 Å². The molecule has 100 valence electrons. The Morgan fingerprint density at radius 2 is 2.24 bits per heavy atom. The summed E-state index contributed by atoms with van der Waals surface area (Å²) in [6.07, 6.45) is 4.59. The Morgan fingerprint density at radius 1 is 1.53 bits per heavy atom. The van der Waals surface area contributed by atoms with Crippen molar-refractivity contribution in [2.75, 3.05) is 20.1 Å². The van der Waals surface area contributed by atoms with Gasteiger partial charge in [-0.05, 0) is 31.6 Å². The van der Waals surface area contributed by atoms with Gasteiger partial charge in [-0.3, -0.25) is 0 Å². The number of carbonyl (C=O) groups is 1. The first-order valence-electron chi connectivity index (χ1n) is 6.66. The molecule has 2 amide bonds. The lowest BCUT2D eigenvalue weighted by Gasteiger charge is -2.28. The van der Waals surface area contributed by atoms with Crippen molar-refractivity contribution >= 4 is 6.03 Å². The number of aliphatic hydroxyl groups excluding tert-OH is 1. The van der Waals surface area contributed by atoms with Crippen LogP contribution in [0.4, 0.5) is 4.79 Å². The largest absolute Gasteiger partial charge is 0.392 e. The summed E-state index contributed by atoms with van der Waals surface area (Å²) < 4.78 is 0. The van der Waals surface area contributed by atoms with Gasteiger partial charge >= 0.3 is 6.03 Å². The molecule has 1 saturated carbocycles. The molecular weight excluding hydrogens is 216 g/mol. The molecule has 4 heteroatoms. The van der Waals surface area contributed by atoms with E-state index in [2.05, 4.69) is 12.2 Å². The summed E-state index contributed by atoms with van der Waals surface area (Å²) in [7, 11) is 1.71. The second-order valence-corrected chi connectivity index (χ2v) is 5.55. The predicted octanol–water partition coefficient (Wildman–Crippen LogP) is 1.83. The highest BCUT2D eigenvalue weighted by Crippen LogP contribution is 2.27. The lowest BCUT2D eigenvalue weighted by Crippen LogP contribution is -2.42. The molecule has 0 bridgehead atoms. The van der Waals surface area contributed by atoms with Crippen LogP contribution >= 0.6 is 0 Å². The van der Waals surface area contributed by atoms with Gasteiger partial charge in [0.05, 0.1) is 6.10 Å². The molecule has 0 aromatic carbocycles. The van der Waals surface area contributed by atoms with E-state index >= 15 is 0 Å². The van der Waals surface area contributed by atoms with E-state index in [0.717, 1.165) is 12.5 Å². The van der Waals surface area contributed by atoms with Crippen molar-refractivity contribution in [3.8, 4) is 0 Å². The van der Waals surface area contributed by atoms with E-state index in [1.807, 2.05) is 0 Å². The second kappa shape index (κ2) is 6.84. The normalized spacial score (nSPS) is 26.4. The zero-order chi connectivity index (χ0) is 12.8. The highest BCUT2D eigenvalue weighted by molar-refractivity contribution is 5.73. The molecule has 3 atom stereocenters. The summed E-state index contributed by atoms with van der Waals surface area (Å²) >= 11 is 0. The van der Waals surface area contributed by atoms with Crippen LogP contribution in [0.15, 0.2) is 0 Å². The van der Waals surface area contributed by atoms with Crippen molar-refractivity contribution in [2.45, 2.75) is 45.6 Å². The Morgan fingerprint density at radius 3 is 2.82 bits per heavy atom. The van der Waals surface area contributed by atoms with Gasteiger partial charge < -0.3 is 15.3 Å². The molecule has 1 rings (SSSR count). The second-order valence-electron chi connectivity index (χ2n) is 5.55. The fourth-order valence-electron chi connectivity index (χ4n) is 2.59. The summed E-state index contributed by atoms with van der Waals surface area (Å²) in [5, 5.41) is 12.2. The average Bonchev–Trinajstić information content (AvgIpc) is 2.25. The minimum atomic E-state index is -0.472. The average molecular weight is 242 g/mol. The number of urea groups is 1. The van der Waals surface area contributed by atoms with Crippen LogP contribution in [0, 0.1) is 11.8 Å². The van der Waals surface area contributed by atoms with Crippen LogP contribution in [0.25, 0.3) is 0 Å². The third kappa shape index (κ3) is 5.39. The molecule has 1 fully saturated rings. The van der Waals surface area contributed by atoms with Gasteiger partial charge in [-0.2, -0.15) is 0 Å². The fraction of sp³-hybridized carbons (Fsp3) is 0.923. The minimum absolute atomic E-state index is 0.0795. The van der Waals surface area contributed by atoms with Crippen molar-refractivity contribution in [3.05, 3.63) is 0 Å². The molecule has 4 nitrogen and oxygen atoms in total. The Labute approximate surface area is 104 Å². The zero-order valence-corrected chi connectivity index (χ0v) is 11.3. The molecule has 2 N–H and O–H groups in total. The topological polar surface area (TPSA) is 52.6 Å². The van der Waals surface area contributed by atoms with Gasteiger partial charge in [-0.1, -0.05) is 19.8 Å². The van der Waals surface area contributed by atoms with Gasteiger partial charge in [-0.15, -0.1) is 0 Å². The minimum Gasteiger partial charge on any atom is -0.392 e. The molecule has 1 aliphatic rings. The summed E-state index contributed by atoms with van der Waals surface area (Å²) in [5.41, 5.74) is 0. The first-order chi connectivity index (χ1) is 7.99. The first-order valence-corrected chi connectivity index (χ1v) is 6.66. The molecule has 0 aromatic heterocycles. The SMILES string of the molecule is CC(O)CN(C)C(=O)NCC1CCCC(C)C1. The van der Waals surface area contributed by atoms with Crippen LogP contribution in [-0.4, -0.2) is 42.3 Å². The molecular formula is C13H26N2O2. The van der Waals surface area contributed by atoms with E-state index in [0.29, 0.717) is 12.5 Å². The molecule has 17 heavy (non-hydrogen) atoms. The number of rotatable bonds is 4. The van der Waals surface area contributed by atoms with Gasteiger partial charge in [-0.25, -0.2) is 4.79 Å². The number of hydrogen-bond donors (Lipinski definition) is 2. The maximum atomic E-state index is 11.7. The van der Waals surface area contributed by atoms with Crippen LogP contribution in [0.5, 0.6) is 0 Å². The molecule has 3 unspecified atom stereocenters. The standard InChI is InChI=1S/C13H26N2O2/c1-10-5-4-6-12(7-10)8-14-13(17)15(3)9-11(2)16/h10-12,16H,4-9H2,1-3H3,(H,14,17). The monoisotopic (exact) mass is 242 g/mol. The number of amides is 2. The first kappa shape index (κ1) is 14.3. The quantitative estimate of drug-likeness (QED) is 0.790. The number of likely N-dealkylation sites (N-methyl/N-ethyl adjacent to an activating group) is 1. The van der Waals surface area contributed by atoms with E-state index < -0.39 is 6.10 Å². The van der Waals surface area contributed by atoms with Crippen molar-refractivity contribution in [1.29, 1.82) is 0 Å². The van der Waals surface area contributed by atoms with Crippen LogP contribution < -0.4 is 5.32 Å². The number of nitrogens with zero attached hydrogens (tertiary/aromatic N) is 1. The summed E-state index contributed by atoms with van der Waals surface area (Å²) in [4.78, 5) is 13.2. The maximum absolute atomic E-state index is 11.7. The van der Waals surface area contributed by atoms with Crippen LogP contribution in [0.2, 0.25) is 0 Å². The zero-order valence-electron chi connectivity index (χ0n) is 11.3. The smallest absolute Gasteiger partial charge is 0.317 e. The molecule has 0 aliphatic heterocycles. The van der Waals surface area contributed by atoms with E-state index in [9.17, 15) is 9.90 Å². The van der Waals surface area contributed by atoms with Gasteiger partial charge in [0.15, 0.2) is 0 Å². The Hall–Kier alpha value is -0.770. The third-order valence-electron chi connectivity index (χ3n) is 3.47. The summed E-state index contributed by atoms with van der Waals surface area (Å²) in [5.74, 6) is 1.42. The lowest BCUT2D eigenvalue weighted by atomic mass is 9.82. The predicted molar refractivity (Wildman–Crippen MR) is 68.8 cm³/mol.